The molecule has 0 aromatic heterocycles. The van der Waals surface area contributed by atoms with E-state index in [0.717, 1.165) is 5.57 Å². The number of ketones is 1. The second-order valence-corrected chi connectivity index (χ2v) is 4.01. The molecule has 0 saturated heterocycles. The van der Waals surface area contributed by atoms with Gasteiger partial charge in [-0.2, -0.15) is 5.26 Å². The molecule has 0 heterocycles. The van der Waals surface area contributed by atoms with E-state index in [0.29, 0.717) is 19.3 Å². The molecular formula is C12H15NO. The Labute approximate surface area is 84.9 Å². The predicted molar refractivity (Wildman–Crippen MR) is 55.4 cm³/mol. The molecule has 0 aliphatic heterocycles. The highest BCUT2D eigenvalue weighted by molar-refractivity contribution is 5.91. The smallest absolute Gasteiger partial charge is 0.154 e. The molecule has 2 nitrogen and oxygen atoms in total. The molecular weight excluding hydrogens is 174 g/mol. The van der Waals surface area contributed by atoms with Crippen LogP contribution in [-0.2, 0) is 4.79 Å². The average molecular weight is 189 g/mol. The van der Waals surface area contributed by atoms with Crippen LogP contribution in [0.25, 0.3) is 0 Å². The van der Waals surface area contributed by atoms with Gasteiger partial charge in [0.15, 0.2) is 5.78 Å². The molecule has 1 rings (SSSR count). The van der Waals surface area contributed by atoms with Crippen LogP contribution in [0.15, 0.2) is 24.8 Å². The Kier molecular flexibility index (Phi) is 2.90. The van der Waals surface area contributed by atoms with Gasteiger partial charge >= 0.3 is 0 Å². The van der Waals surface area contributed by atoms with Crippen LogP contribution < -0.4 is 0 Å². The van der Waals surface area contributed by atoms with Crippen molar-refractivity contribution < 1.29 is 4.79 Å². The number of allylic oxidation sites excluding steroid dienone is 2. The Hall–Kier alpha value is -1.36. The van der Waals surface area contributed by atoms with Crippen molar-refractivity contribution in [3.05, 3.63) is 24.8 Å². The van der Waals surface area contributed by atoms with Crippen molar-refractivity contribution in [3.63, 3.8) is 0 Å². The van der Waals surface area contributed by atoms with Crippen LogP contribution in [-0.4, -0.2) is 5.78 Å². The van der Waals surface area contributed by atoms with E-state index in [1.807, 2.05) is 6.92 Å². The molecule has 0 N–H and O–H groups in total. The van der Waals surface area contributed by atoms with Gasteiger partial charge in [0, 0.05) is 12.3 Å². The van der Waals surface area contributed by atoms with E-state index >= 15 is 0 Å². The number of Topliss-reactive ketones (excluding diaryl/α,β-unsaturated/α-hetero) is 1. The predicted octanol–water partition coefficient (Wildman–Crippen LogP) is 2.63. The summed E-state index contributed by atoms with van der Waals surface area (Å²) in [5, 5.41) is 8.95. The monoisotopic (exact) mass is 189 g/mol. The van der Waals surface area contributed by atoms with E-state index in [-0.39, 0.29) is 11.7 Å². The molecule has 0 bridgehead atoms. The molecule has 1 saturated carbocycles. The minimum atomic E-state index is -0.739. The standard InChI is InChI=1S/C12H15NO/c1-4-10-7-12(10,8-13)11(14)6-5-9(2)3/h4,10H,1-2,5-7H2,3H3. The van der Waals surface area contributed by atoms with Crippen molar-refractivity contribution in [3.8, 4) is 6.07 Å². The lowest BCUT2D eigenvalue weighted by atomic mass is 9.95. The molecule has 1 aliphatic carbocycles. The van der Waals surface area contributed by atoms with Gasteiger partial charge in [-0.1, -0.05) is 11.6 Å². The third kappa shape index (κ3) is 1.77. The third-order valence-electron chi connectivity index (χ3n) is 2.78. The van der Waals surface area contributed by atoms with Crippen molar-refractivity contribution in [2.75, 3.05) is 0 Å². The van der Waals surface area contributed by atoms with E-state index in [4.69, 9.17) is 5.26 Å². The van der Waals surface area contributed by atoms with Gasteiger partial charge in [0.25, 0.3) is 0 Å². The van der Waals surface area contributed by atoms with E-state index in [2.05, 4.69) is 19.2 Å². The highest BCUT2D eigenvalue weighted by Crippen LogP contribution is 2.54. The van der Waals surface area contributed by atoms with Crippen molar-refractivity contribution in [2.45, 2.75) is 26.2 Å². The summed E-state index contributed by atoms with van der Waals surface area (Å²) in [5.41, 5.74) is 0.249. The maximum Gasteiger partial charge on any atom is 0.154 e. The molecule has 2 heteroatoms. The van der Waals surface area contributed by atoms with Crippen molar-refractivity contribution in [1.82, 2.24) is 0 Å². The topological polar surface area (TPSA) is 40.9 Å². The van der Waals surface area contributed by atoms with Crippen molar-refractivity contribution >= 4 is 5.78 Å². The van der Waals surface area contributed by atoms with Gasteiger partial charge in [-0.05, 0) is 19.8 Å². The maximum atomic E-state index is 11.7. The molecule has 1 aliphatic rings. The first-order valence-electron chi connectivity index (χ1n) is 4.78. The molecule has 0 aromatic rings. The summed E-state index contributed by atoms with van der Waals surface area (Å²) in [4.78, 5) is 11.7. The van der Waals surface area contributed by atoms with Crippen molar-refractivity contribution in [2.24, 2.45) is 11.3 Å². The molecule has 0 spiro atoms. The number of rotatable bonds is 5. The fourth-order valence-electron chi connectivity index (χ4n) is 1.63. The van der Waals surface area contributed by atoms with Crippen LogP contribution in [0.1, 0.15) is 26.2 Å². The summed E-state index contributed by atoms with van der Waals surface area (Å²) in [6.45, 7) is 9.25. The van der Waals surface area contributed by atoms with Crippen LogP contribution in [0.5, 0.6) is 0 Å². The Bertz CT molecular complexity index is 324. The third-order valence-corrected chi connectivity index (χ3v) is 2.78. The molecule has 0 aromatic carbocycles. The first-order chi connectivity index (χ1) is 6.56. The zero-order valence-corrected chi connectivity index (χ0v) is 8.55. The molecule has 14 heavy (non-hydrogen) atoms. The van der Waals surface area contributed by atoms with Crippen molar-refractivity contribution in [1.29, 1.82) is 5.26 Å². The largest absolute Gasteiger partial charge is 0.298 e. The summed E-state index contributed by atoms with van der Waals surface area (Å²) in [6.07, 6.45) is 3.49. The van der Waals surface area contributed by atoms with Crippen LogP contribution in [0.3, 0.4) is 0 Å². The lowest BCUT2D eigenvalue weighted by Crippen LogP contribution is -2.15. The van der Waals surface area contributed by atoms with Gasteiger partial charge in [0.2, 0.25) is 0 Å². The van der Waals surface area contributed by atoms with Gasteiger partial charge in [-0.25, -0.2) is 0 Å². The van der Waals surface area contributed by atoms with Crippen LogP contribution in [0.4, 0.5) is 0 Å². The van der Waals surface area contributed by atoms with Crippen LogP contribution >= 0.6 is 0 Å². The first kappa shape index (κ1) is 10.7. The van der Waals surface area contributed by atoms with Crippen LogP contribution in [0, 0.1) is 22.7 Å². The van der Waals surface area contributed by atoms with Crippen LogP contribution in [0.2, 0.25) is 0 Å². The zero-order chi connectivity index (χ0) is 10.8. The number of carbonyl (C=O) groups is 1. The Balaban J connectivity index is 2.57. The lowest BCUT2D eigenvalue weighted by molar-refractivity contribution is -0.122. The van der Waals surface area contributed by atoms with E-state index in [1.54, 1.807) is 6.08 Å². The maximum absolute atomic E-state index is 11.7. The van der Waals surface area contributed by atoms with E-state index in [9.17, 15) is 4.79 Å². The Morgan fingerprint density at radius 1 is 1.71 bits per heavy atom. The number of carbonyl (C=O) groups excluding carboxylic acids is 1. The number of hydrogen-bond donors (Lipinski definition) is 0. The number of hydrogen-bond acceptors (Lipinski definition) is 2. The first-order valence-corrected chi connectivity index (χ1v) is 4.78. The molecule has 1 fully saturated rings. The number of nitriles is 1. The highest BCUT2D eigenvalue weighted by Gasteiger charge is 2.58. The lowest BCUT2D eigenvalue weighted by Gasteiger charge is -2.05. The average Bonchev–Trinajstić information content (AvgIpc) is 2.89. The van der Waals surface area contributed by atoms with Gasteiger partial charge in [0.05, 0.1) is 6.07 Å². The summed E-state index contributed by atoms with van der Waals surface area (Å²) in [6, 6.07) is 2.13. The summed E-state index contributed by atoms with van der Waals surface area (Å²) >= 11 is 0. The van der Waals surface area contributed by atoms with Gasteiger partial charge < -0.3 is 0 Å². The number of nitrogens with zero attached hydrogens (tertiary/aromatic N) is 1. The molecule has 2 atom stereocenters. The summed E-state index contributed by atoms with van der Waals surface area (Å²) in [5.74, 6) is 0.123. The van der Waals surface area contributed by atoms with Gasteiger partial charge in [-0.3, -0.25) is 4.79 Å². The minimum absolute atomic E-state index is 0.0490. The zero-order valence-electron chi connectivity index (χ0n) is 8.55. The van der Waals surface area contributed by atoms with E-state index in [1.165, 1.54) is 0 Å². The molecule has 2 unspecified atom stereocenters. The summed E-state index contributed by atoms with van der Waals surface area (Å²) in [7, 11) is 0. The fourth-order valence-corrected chi connectivity index (χ4v) is 1.63. The normalized spacial score (nSPS) is 29.0. The Morgan fingerprint density at radius 2 is 2.36 bits per heavy atom. The summed E-state index contributed by atoms with van der Waals surface area (Å²) < 4.78 is 0. The Morgan fingerprint density at radius 3 is 2.71 bits per heavy atom. The van der Waals surface area contributed by atoms with Gasteiger partial charge in [0.1, 0.15) is 5.41 Å². The quantitative estimate of drug-likeness (QED) is 0.624. The highest BCUT2D eigenvalue weighted by atomic mass is 16.1. The molecule has 74 valence electrons. The second kappa shape index (κ2) is 3.79. The van der Waals surface area contributed by atoms with Gasteiger partial charge in [-0.15, -0.1) is 13.2 Å². The fraction of sp³-hybridized carbons (Fsp3) is 0.500. The second-order valence-electron chi connectivity index (χ2n) is 4.01. The van der Waals surface area contributed by atoms with E-state index < -0.39 is 5.41 Å². The minimum Gasteiger partial charge on any atom is -0.298 e. The molecule has 0 radical (unpaired) electrons. The molecule has 0 amide bonds. The SMILES string of the molecule is C=CC1CC1(C#N)C(=O)CCC(=C)C.